The highest BCUT2D eigenvalue weighted by atomic mass is 16.7. The number of carbonyl (C=O) groups is 3. The summed E-state index contributed by atoms with van der Waals surface area (Å²) in [5.74, 6) is -0.418. The molecule has 0 saturated heterocycles. The summed E-state index contributed by atoms with van der Waals surface area (Å²) in [5, 5.41) is 18.8. The van der Waals surface area contributed by atoms with Gasteiger partial charge in [-0.15, -0.1) is 0 Å². The second-order valence-corrected chi connectivity index (χ2v) is 12.1. The van der Waals surface area contributed by atoms with Crippen LogP contribution in [-0.2, 0) is 43.5 Å². The van der Waals surface area contributed by atoms with E-state index in [9.17, 15) is 24.4 Å². The van der Waals surface area contributed by atoms with Crippen molar-refractivity contribution in [1.82, 2.24) is 0 Å². The normalized spacial score (nSPS) is 11.4. The van der Waals surface area contributed by atoms with Crippen molar-refractivity contribution in [2.75, 3.05) is 75.2 Å². The van der Waals surface area contributed by atoms with Gasteiger partial charge in [0.25, 0.3) is 0 Å². The van der Waals surface area contributed by atoms with Crippen LogP contribution in [0.1, 0.15) is 34.0 Å². The lowest BCUT2D eigenvalue weighted by atomic mass is 9.80. The Balaban J connectivity index is 2.34. The summed E-state index contributed by atoms with van der Waals surface area (Å²) in [5.41, 5.74) is 1.73. The van der Waals surface area contributed by atoms with Gasteiger partial charge in [0.15, 0.2) is 0 Å². The average Bonchev–Trinajstić information content (AvgIpc) is 2.92. The highest BCUT2D eigenvalue weighted by Crippen LogP contribution is 2.30. The third-order valence-electron chi connectivity index (χ3n) is 6.07. The molecule has 2 rings (SSSR count). The standard InChI is InChI=1S/C30H45BN2O11/c1-8-39-28(34)23-17-24(20-43-29(35)40-15-13-32(2,3)4)27(42-19-22-9-11-26(12-10-22)31(37)38)25(18-23)21-44-30(36)41-16-14-33(5,6)7/h9-12,17-18,37-38H,8,13-16,19-21H2,1-7H3/q+2. The number of hydrogen-bond donors (Lipinski definition) is 2. The van der Waals surface area contributed by atoms with Crippen LogP contribution in [0.3, 0.4) is 0 Å². The van der Waals surface area contributed by atoms with E-state index in [4.69, 9.17) is 28.4 Å². The molecule has 242 valence electrons. The third-order valence-corrected chi connectivity index (χ3v) is 6.07. The smallest absolute Gasteiger partial charge is 0.488 e. The van der Waals surface area contributed by atoms with Gasteiger partial charge in [0.05, 0.1) is 54.5 Å². The van der Waals surface area contributed by atoms with Crippen molar-refractivity contribution in [3.05, 3.63) is 58.7 Å². The molecule has 0 heterocycles. The molecule has 0 fully saturated rings. The predicted octanol–water partition coefficient (Wildman–Crippen LogP) is 1.84. The molecule has 0 unspecified atom stereocenters. The fraction of sp³-hybridized carbons (Fsp3) is 0.500. The lowest BCUT2D eigenvalue weighted by molar-refractivity contribution is -0.870. The highest BCUT2D eigenvalue weighted by molar-refractivity contribution is 6.58. The van der Waals surface area contributed by atoms with E-state index < -0.39 is 25.4 Å². The van der Waals surface area contributed by atoms with Crippen LogP contribution in [0.25, 0.3) is 0 Å². The number of ether oxygens (including phenoxy) is 6. The van der Waals surface area contributed by atoms with Crippen LogP contribution in [0.2, 0.25) is 0 Å². The molecule has 0 saturated carbocycles. The summed E-state index contributed by atoms with van der Waals surface area (Å²) in [6.45, 7) is 2.60. The molecule has 2 aromatic rings. The Bertz CT molecular complexity index is 1180. The predicted molar refractivity (Wildman–Crippen MR) is 161 cm³/mol. The third kappa shape index (κ3) is 13.6. The topological polar surface area (TPSA) is 147 Å². The number of benzene rings is 2. The number of hydrogen-bond acceptors (Lipinski definition) is 11. The van der Waals surface area contributed by atoms with Gasteiger partial charge in [0.2, 0.25) is 0 Å². The highest BCUT2D eigenvalue weighted by Gasteiger charge is 2.21. The molecule has 0 aromatic heterocycles. The Labute approximate surface area is 259 Å². The monoisotopic (exact) mass is 620 g/mol. The molecule has 44 heavy (non-hydrogen) atoms. The first-order chi connectivity index (χ1) is 20.6. The van der Waals surface area contributed by atoms with Crippen LogP contribution < -0.4 is 10.2 Å². The van der Waals surface area contributed by atoms with Crippen LogP contribution in [0.5, 0.6) is 5.75 Å². The first-order valence-electron chi connectivity index (χ1n) is 14.2. The molecule has 13 nitrogen and oxygen atoms in total. The molecule has 0 aliphatic rings. The Morgan fingerprint density at radius 3 is 1.59 bits per heavy atom. The molecule has 2 N–H and O–H groups in total. The zero-order valence-electron chi connectivity index (χ0n) is 26.7. The number of likely N-dealkylation sites (N-methyl/N-ethyl adjacent to an activating group) is 2. The van der Waals surface area contributed by atoms with E-state index in [0.717, 1.165) is 0 Å². The van der Waals surface area contributed by atoms with Crippen LogP contribution in [0.15, 0.2) is 36.4 Å². The maximum Gasteiger partial charge on any atom is 0.508 e. The minimum absolute atomic E-state index is 0.0163. The summed E-state index contributed by atoms with van der Waals surface area (Å²) in [7, 11) is 10.1. The minimum Gasteiger partial charge on any atom is -0.488 e. The quantitative estimate of drug-likeness (QED) is 0.123. The number of quaternary nitrogens is 2. The van der Waals surface area contributed by atoms with E-state index in [1.807, 2.05) is 42.3 Å². The van der Waals surface area contributed by atoms with Gasteiger partial charge in [-0.25, -0.2) is 14.4 Å². The van der Waals surface area contributed by atoms with E-state index in [1.54, 1.807) is 31.2 Å². The van der Waals surface area contributed by atoms with E-state index in [0.29, 0.717) is 44.2 Å². The SMILES string of the molecule is CCOC(=O)c1cc(COC(=O)OCC[N+](C)(C)C)c(OCc2ccc(B(O)O)cc2)c(COC(=O)OCC[N+](C)(C)C)c1. The van der Waals surface area contributed by atoms with Crippen LogP contribution in [-0.4, -0.2) is 120 Å². The molecule has 0 bridgehead atoms. The Morgan fingerprint density at radius 2 is 1.18 bits per heavy atom. The van der Waals surface area contributed by atoms with Crippen molar-refractivity contribution >= 4 is 30.9 Å². The van der Waals surface area contributed by atoms with Crippen molar-refractivity contribution < 1.29 is 61.8 Å². The van der Waals surface area contributed by atoms with Gasteiger partial charge in [0.1, 0.15) is 51.9 Å². The van der Waals surface area contributed by atoms with Gasteiger partial charge < -0.3 is 47.4 Å². The Hall–Kier alpha value is -3.85. The molecular weight excluding hydrogens is 575 g/mol. The number of nitrogens with zero attached hydrogens (tertiary/aromatic N) is 2. The Kier molecular flexibility index (Phi) is 13.9. The van der Waals surface area contributed by atoms with Gasteiger partial charge in [-0.2, -0.15) is 0 Å². The summed E-state index contributed by atoms with van der Waals surface area (Å²) < 4.78 is 33.5. The first-order valence-corrected chi connectivity index (χ1v) is 14.2. The van der Waals surface area contributed by atoms with E-state index in [-0.39, 0.29) is 51.0 Å². The summed E-state index contributed by atoms with van der Waals surface area (Å²) in [6, 6.07) is 9.34. The molecule has 14 heteroatoms. The number of rotatable bonds is 16. The second kappa shape index (κ2) is 16.9. The van der Waals surface area contributed by atoms with E-state index >= 15 is 0 Å². The van der Waals surface area contributed by atoms with E-state index in [2.05, 4.69) is 0 Å². The molecule has 0 aliphatic carbocycles. The molecular formula is C30H45BN2O11+2. The molecule has 0 amide bonds. The number of carbonyl (C=O) groups excluding carboxylic acids is 3. The van der Waals surface area contributed by atoms with E-state index in [1.165, 1.54) is 12.1 Å². The van der Waals surface area contributed by atoms with Gasteiger partial charge in [-0.05, 0) is 30.1 Å². The maximum atomic E-state index is 12.7. The van der Waals surface area contributed by atoms with Gasteiger partial charge in [0, 0.05) is 11.1 Å². The van der Waals surface area contributed by atoms with Gasteiger partial charge in [-0.3, -0.25) is 0 Å². The zero-order chi connectivity index (χ0) is 32.9. The molecule has 0 radical (unpaired) electrons. The minimum atomic E-state index is -1.61. The zero-order valence-corrected chi connectivity index (χ0v) is 26.7. The Morgan fingerprint density at radius 1 is 0.705 bits per heavy atom. The molecule has 0 atom stereocenters. The summed E-state index contributed by atoms with van der Waals surface area (Å²) >= 11 is 0. The van der Waals surface area contributed by atoms with Crippen molar-refractivity contribution in [3.8, 4) is 5.75 Å². The van der Waals surface area contributed by atoms with Crippen LogP contribution >= 0.6 is 0 Å². The van der Waals surface area contributed by atoms with Crippen molar-refractivity contribution in [2.45, 2.75) is 26.7 Å². The fourth-order valence-electron chi connectivity index (χ4n) is 3.59. The summed E-state index contributed by atoms with van der Waals surface area (Å²) in [4.78, 5) is 37.4. The number of esters is 1. The second-order valence-electron chi connectivity index (χ2n) is 12.1. The first kappa shape index (κ1) is 36.3. The van der Waals surface area contributed by atoms with Crippen molar-refractivity contribution in [2.24, 2.45) is 0 Å². The largest absolute Gasteiger partial charge is 0.508 e. The van der Waals surface area contributed by atoms with Crippen LogP contribution in [0.4, 0.5) is 9.59 Å². The molecule has 0 aliphatic heterocycles. The lowest BCUT2D eigenvalue weighted by Crippen LogP contribution is -2.38. The molecule has 2 aromatic carbocycles. The van der Waals surface area contributed by atoms with Gasteiger partial charge in [-0.1, -0.05) is 24.3 Å². The summed E-state index contributed by atoms with van der Waals surface area (Å²) in [6.07, 6.45) is -1.80. The maximum absolute atomic E-state index is 12.7. The lowest BCUT2D eigenvalue weighted by Gasteiger charge is -2.23. The fourth-order valence-corrected chi connectivity index (χ4v) is 3.59. The van der Waals surface area contributed by atoms with Crippen molar-refractivity contribution in [3.63, 3.8) is 0 Å². The van der Waals surface area contributed by atoms with Crippen molar-refractivity contribution in [1.29, 1.82) is 0 Å². The average molecular weight is 621 g/mol. The molecule has 0 spiro atoms. The van der Waals surface area contributed by atoms with Gasteiger partial charge >= 0.3 is 25.4 Å². The van der Waals surface area contributed by atoms with Crippen LogP contribution in [0, 0.1) is 0 Å².